The third-order valence-corrected chi connectivity index (χ3v) is 4.30. The maximum atomic E-state index is 13.7. The van der Waals surface area contributed by atoms with Crippen LogP contribution in [0.2, 0.25) is 0 Å². The van der Waals surface area contributed by atoms with E-state index in [4.69, 9.17) is 0 Å². The van der Waals surface area contributed by atoms with Crippen molar-refractivity contribution in [2.75, 3.05) is 6.54 Å². The third-order valence-electron chi connectivity index (χ3n) is 4.30. The van der Waals surface area contributed by atoms with Gasteiger partial charge in [-0.15, -0.1) is 0 Å². The zero-order valence-electron chi connectivity index (χ0n) is 12.8. The number of hydrogen-bond acceptors (Lipinski definition) is 1. The molecule has 1 aliphatic heterocycles. The molecular formula is C19H20FNO. The van der Waals surface area contributed by atoms with Crippen LogP contribution in [0.1, 0.15) is 35.6 Å². The Morgan fingerprint density at radius 1 is 1.23 bits per heavy atom. The van der Waals surface area contributed by atoms with Crippen LogP contribution in [0.25, 0.3) is 0 Å². The fraction of sp³-hybridized carbons (Fsp3) is 0.316. The minimum Gasteiger partial charge on any atom is -0.335 e. The van der Waals surface area contributed by atoms with Gasteiger partial charge in [-0.2, -0.15) is 0 Å². The summed E-state index contributed by atoms with van der Waals surface area (Å²) < 4.78 is 13.7. The Labute approximate surface area is 130 Å². The standard InChI is InChI=1S/C19H20FNO/c1-14-6-4-8-16(12-14)18-10-5-11-21(18)19(22)13-15-7-2-3-9-17(15)20/h2-4,6-9,12,18H,5,10-11,13H2,1H3/t18-/m1/s1. The van der Waals surface area contributed by atoms with E-state index < -0.39 is 0 Å². The van der Waals surface area contributed by atoms with Gasteiger partial charge in [0.2, 0.25) is 5.91 Å². The quantitative estimate of drug-likeness (QED) is 0.837. The van der Waals surface area contributed by atoms with Gasteiger partial charge in [-0.05, 0) is 37.0 Å². The van der Waals surface area contributed by atoms with E-state index in [1.165, 1.54) is 17.2 Å². The van der Waals surface area contributed by atoms with Crippen molar-refractivity contribution >= 4 is 5.91 Å². The van der Waals surface area contributed by atoms with Gasteiger partial charge < -0.3 is 4.90 Å². The van der Waals surface area contributed by atoms with Crippen molar-refractivity contribution in [3.63, 3.8) is 0 Å². The number of benzene rings is 2. The average Bonchev–Trinajstić information content (AvgIpc) is 2.99. The maximum absolute atomic E-state index is 13.7. The van der Waals surface area contributed by atoms with E-state index in [0.29, 0.717) is 5.56 Å². The number of carbonyl (C=O) groups excluding carboxylic acids is 1. The Hall–Kier alpha value is -2.16. The molecule has 0 N–H and O–H groups in total. The molecule has 1 saturated heterocycles. The van der Waals surface area contributed by atoms with Crippen molar-refractivity contribution in [3.8, 4) is 0 Å². The van der Waals surface area contributed by atoms with Crippen molar-refractivity contribution in [2.45, 2.75) is 32.2 Å². The fourth-order valence-electron chi connectivity index (χ4n) is 3.20. The Bertz CT molecular complexity index is 683. The van der Waals surface area contributed by atoms with Crippen LogP contribution >= 0.6 is 0 Å². The number of hydrogen-bond donors (Lipinski definition) is 0. The summed E-state index contributed by atoms with van der Waals surface area (Å²) in [6, 6.07) is 14.9. The summed E-state index contributed by atoms with van der Waals surface area (Å²) in [4.78, 5) is 14.5. The van der Waals surface area contributed by atoms with Crippen LogP contribution in [-0.4, -0.2) is 17.4 Å². The van der Waals surface area contributed by atoms with E-state index in [9.17, 15) is 9.18 Å². The summed E-state index contributed by atoms with van der Waals surface area (Å²) in [5.74, 6) is -0.295. The molecule has 0 aliphatic carbocycles. The number of nitrogens with zero attached hydrogens (tertiary/aromatic N) is 1. The summed E-state index contributed by atoms with van der Waals surface area (Å²) in [5, 5.41) is 0. The molecule has 1 amide bonds. The van der Waals surface area contributed by atoms with Crippen molar-refractivity contribution in [1.29, 1.82) is 0 Å². The van der Waals surface area contributed by atoms with Crippen LogP contribution in [0.4, 0.5) is 4.39 Å². The van der Waals surface area contributed by atoms with Gasteiger partial charge >= 0.3 is 0 Å². The van der Waals surface area contributed by atoms with Gasteiger partial charge in [0.25, 0.3) is 0 Å². The van der Waals surface area contributed by atoms with Gasteiger partial charge in [-0.1, -0.05) is 48.0 Å². The van der Waals surface area contributed by atoms with E-state index >= 15 is 0 Å². The molecule has 2 aromatic carbocycles. The Kier molecular flexibility index (Phi) is 4.23. The second-order valence-electron chi connectivity index (χ2n) is 5.93. The molecule has 0 unspecified atom stereocenters. The molecule has 0 saturated carbocycles. The summed E-state index contributed by atoms with van der Waals surface area (Å²) in [6.45, 7) is 2.82. The molecule has 1 atom stereocenters. The second kappa shape index (κ2) is 6.30. The fourth-order valence-corrected chi connectivity index (χ4v) is 3.20. The van der Waals surface area contributed by atoms with Gasteiger partial charge in [0.05, 0.1) is 12.5 Å². The molecule has 2 nitrogen and oxygen atoms in total. The summed E-state index contributed by atoms with van der Waals surface area (Å²) in [5.41, 5.74) is 2.85. The van der Waals surface area contributed by atoms with Crippen LogP contribution in [0.5, 0.6) is 0 Å². The monoisotopic (exact) mass is 297 g/mol. The van der Waals surface area contributed by atoms with Crippen LogP contribution in [0, 0.1) is 12.7 Å². The molecule has 3 rings (SSSR count). The lowest BCUT2D eigenvalue weighted by Crippen LogP contribution is -2.32. The lowest BCUT2D eigenvalue weighted by atomic mass is 10.0. The number of likely N-dealkylation sites (tertiary alicyclic amines) is 1. The summed E-state index contributed by atoms with van der Waals surface area (Å²) in [7, 11) is 0. The molecule has 0 radical (unpaired) electrons. The number of amides is 1. The first-order chi connectivity index (χ1) is 10.6. The lowest BCUT2D eigenvalue weighted by molar-refractivity contribution is -0.131. The first-order valence-corrected chi connectivity index (χ1v) is 7.74. The lowest BCUT2D eigenvalue weighted by Gasteiger charge is -2.25. The normalized spacial score (nSPS) is 17.7. The highest BCUT2D eigenvalue weighted by molar-refractivity contribution is 5.79. The van der Waals surface area contributed by atoms with Crippen molar-refractivity contribution in [1.82, 2.24) is 4.90 Å². The van der Waals surface area contributed by atoms with Crippen molar-refractivity contribution in [3.05, 3.63) is 71.0 Å². The zero-order chi connectivity index (χ0) is 15.5. The molecular weight excluding hydrogens is 277 g/mol. The highest BCUT2D eigenvalue weighted by Gasteiger charge is 2.30. The molecule has 0 aromatic heterocycles. The van der Waals surface area contributed by atoms with Crippen LogP contribution in [-0.2, 0) is 11.2 Å². The maximum Gasteiger partial charge on any atom is 0.227 e. The topological polar surface area (TPSA) is 20.3 Å². The smallest absolute Gasteiger partial charge is 0.227 e. The summed E-state index contributed by atoms with van der Waals surface area (Å²) >= 11 is 0. The van der Waals surface area contributed by atoms with Gasteiger partial charge in [-0.3, -0.25) is 4.79 Å². The highest BCUT2D eigenvalue weighted by Crippen LogP contribution is 2.32. The van der Waals surface area contributed by atoms with Crippen molar-refractivity contribution < 1.29 is 9.18 Å². The first kappa shape index (κ1) is 14.8. The van der Waals surface area contributed by atoms with Gasteiger partial charge in [0.1, 0.15) is 5.82 Å². The molecule has 1 fully saturated rings. The summed E-state index contributed by atoms with van der Waals surface area (Å²) in [6.07, 6.45) is 2.11. The van der Waals surface area contributed by atoms with Gasteiger partial charge in [0.15, 0.2) is 0 Å². The third kappa shape index (κ3) is 3.03. The first-order valence-electron chi connectivity index (χ1n) is 7.74. The molecule has 22 heavy (non-hydrogen) atoms. The number of aryl methyl sites for hydroxylation is 1. The predicted octanol–water partition coefficient (Wildman–Crippen LogP) is 4.04. The Morgan fingerprint density at radius 3 is 2.82 bits per heavy atom. The van der Waals surface area contributed by atoms with E-state index in [2.05, 4.69) is 25.1 Å². The highest BCUT2D eigenvalue weighted by atomic mass is 19.1. The second-order valence-corrected chi connectivity index (χ2v) is 5.93. The molecule has 1 heterocycles. The van der Waals surface area contributed by atoms with E-state index in [-0.39, 0.29) is 24.2 Å². The average molecular weight is 297 g/mol. The van der Waals surface area contributed by atoms with E-state index in [0.717, 1.165) is 19.4 Å². The van der Waals surface area contributed by atoms with Crippen LogP contribution in [0.3, 0.4) is 0 Å². The van der Waals surface area contributed by atoms with Crippen LogP contribution in [0.15, 0.2) is 48.5 Å². The largest absolute Gasteiger partial charge is 0.335 e. The Balaban J connectivity index is 1.78. The Morgan fingerprint density at radius 2 is 2.05 bits per heavy atom. The number of rotatable bonds is 3. The molecule has 2 aromatic rings. The van der Waals surface area contributed by atoms with Gasteiger partial charge in [-0.25, -0.2) is 4.39 Å². The van der Waals surface area contributed by atoms with Crippen molar-refractivity contribution in [2.24, 2.45) is 0 Å². The number of carbonyl (C=O) groups is 1. The molecule has 1 aliphatic rings. The predicted molar refractivity (Wildman–Crippen MR) is 85.0 cm³/mol. The van der Waals surface area contributed by atoms with E-state index in [1.54, 1.807) is 18.2 Å². The van der Waals surface area contributed by atoms with Crippen LogP contribution < -0.4 is 0 Å². The molecule has 0 spiro atoms. The molecule has 3 heteroatoms. The molecule has 114 valence electrons. The molecule has 0 bridgehead atoms. The van der Waals surface area contributed by atoms with Gasteiger partial charge in [0, 0.05) is 6.54 Å². The van der Waals surface area contributed by atoms with E-state index in [1.807, 2.05) is 11.0 Å². The minimum atomic E-state index is -0.304. The number of halogens is 1. The minimum absolute atomic E-state index is 0.00843. The zero-order valence-corrected chi connectivity index (χ0v) is 12.8. The SMILES string of the molecule is Cc1cccc([C@H]2CCCN2C(=O)Cc2ccccc2F)c1.